The normalized spacial score (nSPS) is 12.7. The second kappa shape index (κ2) is 4.58. The summed E-state index contributed by atoms with van der Waals surface area (Å²) in [4.78, 5) is 35.4. The highest BCUT2D eigenvalue weighted by molar-refractivity contribution is 6.41. The van der Waals surface area contributed by atoms with Gasteiger partial charge < -0.3 is 5.32 Å². The topological polar surface area (TPSA) is 63.2 Å². The zero-order valence-corrected chi connectivity index (χ0v) is 10.9. The Bertz CT molecular complexity index is 768. The molecule has 4 nitrogen and oxygen atoms in total. The Hall–Kier alpha value is -2.46. The molecule has 2 aromatic carbocycles. The van der Waals surface area contributed by atoms with Crippen LogP contribution < -0.4 is 5.32 Å². The molecule has 0 saturated carbocycles. The van der Waals surface area contributed by atoms with Crippen LogP contribution in [0, 0.1) is 0 Å². The van der Waals surface area contributed by atoms with E-state index in [1.807, 2.05) is 0 Å². The van der Waals surface area contributed by atoms with Gasteiger partial charge in [-0.25, -0.2) is 0 Å². The van der Waals surface area contributed by atoms with Crippen LogP contribution in [0.4, 0.5) is 5.69 Å². The van der Waals surface area contributed by atoms with Crippen LogP contribution in [0.3, 0.4) is 0 Å². The number of benzene rings is 2. The molecule has 20 heavy (non-hydrogen) atoms. The minimum atomic E-state index is -0.310. The largest absolute Gasteiger partial charge is 0.327 e. The van der Waals surface area contributed by atoms with E-state index in [2.05, 4.69) is 5.32 Å². The number of nitrogens with one attached hydrogen (secondary N) is 1. The van der Waals surface area contributed by atoms with Gasteiger partial charge in [0.1, 0.15) is 0 Å². The molecule has 1 N–H and O–H groups in total. The maximum absolute atomic E-state index is 12.5. The highest BCUT2D eigenvalue weighted by atomic mass is 35.5. The SMILES string of the molecule is O=CNc1ccc2c(c1Cl)C(=O)c1ccccc1C2=O. The lowest BCUT2D eigenvalue weighted by molar-refractivity contribution is -0.105. The fourth-order valence-corrected chi connectivity index (χ4v) is 2.63. The number of hydrogen-bond acceptors (Lipinski definition) is 3. The molecule has 0 heterocycles. The monoisotopic (exact) mass is 285 g/mol. The Labute approximate surface area is 119 Å². The molecular formula is C15H8ClNO3. The smallest absolute Gasteiger partial charge is 0.211 e. The summed E-state index contributed by atoms with van der Waals surface area (Å²) in [6.45, 7) is 0. The Morgan fingerprint density at radius 1 is 0.900 bits per heavy atom. The maximum Gasteiger partial charge on any atom is 0.211 e. The molecule has 0 fully saturated rings. The number of hydrogen-bond donors (Lipinski definition) is 1. The van der Waals surface area contributed by atoms with E-state index in [0.29, 0.717) is 23.2 Å². The second-order valence-electron chi connectivity index (χ2n) is 4.32. The number of anilines is 1. The Morgan fingerprint density at radius 3 is 2.20 bits per heavy atom. The van der Waals surface area contributed by atoms with Gasteiger partial charge in [-0.15, -0.1) is 0 Å². The number of ketones is 2. The fourth-order valence-electron chi connectivity index (χ4n) is 2.32. The summed E-state index contributed by atoms with van der Waals surface area (Å²) in [6.07, 6.45) is 0.469. The molecule has 0 aliphatic heterocycles. The van der Waals surface area contributed by atoms with Gasteiger partial charge in [0, 0.05) is 16.7 Å². The van der Waals surface area contributed by atoms with Crippen molar-refractivity contribution in [1.29, 1.82) is 0 Å². The quantitative estimate of drug-likeness (QED) is 0.736. The summed E-state index contributed by atoms with van der Waals surface area (Å²) in [5.41, 5.74) is 1.41. The van der Waals surface area contributed by atoms with Crippen LogP contribution in [-0.2, 0) is 4.79 Å². The van der Waals surface area contributed by atoms with Gasteiger partial charge in [0.25, 0.3) is 0 Å². The van der Waals surface area contributed by atoms with E-state index in [0.717, 1.165) is 0 Å². The summed E-state index contributed by atoms with van der Waals surface area (Å²) >= 11 is 6.14. The van der Waals surface area contributed by atoms with E-state index in [1.54, 1.807) is 24.3 Å². The van der Waals surface area contributed by atoms with Crippen molar-refractivity contribution in [1.82, 2.24) is 0 Å². The molecule has 0 spiro atoms. The van der Waals surface area contributed by atoms with Gasteiger partial charge in [-0.3, -0.25) is 14.4 Å². The summed E-state index contributed by atoms with van der Waals surface area (Å²) in [6, 6.07) is 9.62. The molecule has 1 aliphatic carbocycles. The van der Waals surface area contributed by atoms with Crippen molar-refractivity contribution in [3.63, 3.8) is 0 Å². The molecule has 2 aromatic rings. The van der Waals surface area contributed by atoms with E-state index < -0.39 is 0 Å². The van der Waals surface area contributed by atoms with E-state index in [1.165, 1.54) is 12.1 Å². The first-order chi connectivity index (χ1) is 9.65. The first-order valence-electron chi connectivity index (χ1n) is 5.86. The van der Waals surface area contributed by atoms with Gasteiger partial charge in [0.15, 0.2) is 11.6 Å². The van der Waals surface area contributed by atoms with Crippen molar-refractivity contribution >= 4 is 35.3 Å². The molecule has 0 radical (unpaired) electrons. The lowest BCUT2D eigenvalue weighted by Gasteiger charge is -2.19. The molecular weight excluding hydrogens is 278 g/mol. The molecule has 0 bridgehead atoms. The van der Waals surface area contributed by atoms with Gasteiger partial charge in [-0.1, -0.05) is 35.9 Å². The standard InChI is InChI=1S/C15H8ClNO3/c16-13-11(17-7-18)6-5-10-12(13)15(20)9-4-2-1-3-8(9)14(10)19/h1-7H,(H,17,18). The number of carbonyl (C=O) groups excluding carboxylic acids is 3. The van der Waals surface area contributed by atoms with Gasteiger partial charge in [0.05, 0.1) is 16.3 Å². The lowest BCUT2D eigenvalue weighted by atomic mass is 9.84. The van der Waals surface area contributed by atoms with Crippen molar-refractivity contribution in [3.05, 3.63) is 63.7 Å². The molecule has 5 heteroatoms. The molecule has 0 saturated heterocycles. The number of halogens is 1. The number of rotatable bonds is 2. The van der Waals surface area contributed by atoms with Gasteiger partial charge in [-0.2, -0.15) is 0 Å². The van der Waals surface area contributed by atoms with Crippen molar-refractivity contribution in [2.24, 2.45) is 0 Å². The van der Waals surface area contributed by atoms with Crippen LogP contribution in [0.25, 0.3) is 0 Å². The third-order valence-electron chi connectivity index (χ3n) is 3.24. The van der Waals surface area contributed by atoms with Gasteiger partial charge >= 0.3 is 0 Å². The predicted molar refractivity (Wildman–Crippen MR) is 74.4 cm³/mol. The average Bonchev–Trinajstić information content (AvgIpc) is 2.47. The van der Waals surface area contributed by atoms with Crippen LogP contribution in [0.2, 0.25) is 5.02 Å². The van der Waals surface area contributed by atoms with Crippen LogP contribution in [-0.4, -0.2) is 18.0 Å². The van der Waals surface area contributed by atoms with Crippen LogP contribution in [0.1, 0.15) is 31.8 Å². The van der Waals surface area contributed by atoms with Crippen molar-refractivity contribution < 1.29 is 14.4 Å². The number of carbonyl (C=O) groups is 3. The van der Waals surface area contributed by atoms with E-state index in [9.17, 15) is 14.4 Å². The van der Waals surface area contributed by atoms with Crippen LogP contribution >= 0.6 is 11.6 Å². The van der Waals surface area contributed by atoms with Crippen molar-refractivity contribution in [3.8, 4) is 0 Å². The highest BCUT2D eigenvalue weighted by Gasteiger charge is 2.31. The van der Waals surface area contributed by atoms with Crippen molar-refractivity contribution in [2.75, 3.05) is 5.32 Å². The predicted octanol–water partition coefficient (Wildman–Crippen LogP) is 2.68. The average molecular weight is 286 g/mol. The number of amides is 1. The van der Waals surface area contributed by atoms with Crippen LogP contribution in [0.5, 0.6) is 0 Å². The molecule has 3 rings (SSSR count). The Morgan fingerprint density at radius 2 is 1.55 bits per heavy atom. The van der Waals surface area contributed by atoms with Crippen molar-refractivity contribution in [2.45, 2.75) is 0 Å². The molecule has 1 amide bonds. The van der Waals surface area contributed by atoms with E-state index in [4.69, 9.17) is 11.6 Å². The summed E-state index contributed by atoms with van der Waals surface area (Å²) in [5, 5.41) is 2.49. The van der Waals surface area contributed by atoms with Gasteiger partial charge in [-0.05, 0) is 12.1 Å². The molecule has 0 aromatic heterocycles. The molecule has 98 valence electrons. The lowest BCUT2D eigenvalue weighted by Crippen LogP contribution is -2.21. The Kier molecular flexibility index (Phi) is 2.88. The second-order valence-corrected chi connectivity index (χ2v) is 4.69. The first-order valence-corrected chi connectivity index (χ1v) is 6.24. The third-order valence-corrected chi connectivity index (χ3v) is 3.64. The van der Waals surface area contributed by atoms with E-state index in [-0.39, 0.29) is 27.7 Å². The van der Waals surface area contributed by atoms with E-state index >= 15 is 0 Å². The minimum Gasteiger partial charge on any atom is -0.327 e. The molecule has 0 atom stereocenters. The minimum absolute atomic E-state index is 0.0856. The molecule has 1 aliphatic rings. The number of fused-ring (bicyclic) bond motifs is 2. The fraction of sp³-hybridized carbons (Fsp3) is 0. The molecule has 0 unspecified atom stereocenters. The first kappa shape index (κ1) is 12.6. The van der Waals surface area contributed by atoms with Crippen LogP contribution in [0.15, 0.2) is 36.4 Å². The highest BCUT2D eigenvalue weighted by Crippen LogP contribution is 2.35. The maximum atomic E-state index is 12.5. The van der Waals surface area contributed by atoms with Gasteiger partial charge in [0.2, 0.25) is 6.41 Å². The third kappa shape index (κ3) is 1.66. The summed E-state index contributed by atoms with van der Waals surface area (Å²) in [5.74, 6) is -0.551. The summed E-state index contributed by atoms with van der Waals surface area (Å²) < 4.78 is 0. The zero-order valence-electron chi connectivity index (χ0n) is 10.1. The Balaban J connectivity index is 2.28. The summed E-state index contributed by atoms with van der Waals surface area (Å²) in [7, 11) is 0. The zero-order chi connectivity index (χ0) is 14.3.